The lowest BCUT2D eigenvalue weighted by Crippen LogP contribution is -2.02. The largest absolute Gasteiger partial charge is 0.496 e. The molecule has 4 heteroatoms. The second-order valence-electron chi connectivity index (χ2n) is 6.01. The van der Waals surface area contributed by atoms with Crippen molar-refractivity contribution in [3.05, 3.63) is 95.3 Å². The fraction of sp³-hybridized carbons (Fsp3) is 0.0435. The van der Waals surface area contributed by atoms with Crippen LogP contribution in [0.5, 0.6) is 5.75 Å². The van der Waals surface area contributed by atoms with Crippen LogP contribution >= 0.6 is 0 Å². The summed E-state index contributed by atoms with van der Waals surface area (Å²) in [7, 11) is 1.57. The van der Waals surface area contributed by atoms with Crippen LogP contribution in [0.25, 0.3) is 33.8 Å². The molecule has 1 heterocycles. The number of hydrogen-bond donors (Lipinski definition) is 0. The van der Waals surface area contributed by atoms with Gasteiger partial charge in [0, 0.05) is 5.56 Å². The second-order valence-corrected chi connectivity index (χ2v) is 6.01. The van der Waals surface area contributed by atoms with E-state index in [-0.39, 0.29) is 5.89 Å². The van der Waals surface area contributed by atoms with Crippen molar-refractivity contribution in [1.29, 1.82) is 0 Å². The molecule has 0 aliphatic carbocycles. The summed E-state index contributed by atoms with van der Waals surface area (Å²) in [6, 6.07) is 26.8. The zero-order valence-electron chi connectivity index (χ0n) is 14.8. The van der Waals surface area contributed by atoms with E-state index in [1.54, 1.807) is 13.2 Å². The van der Waals surface area contributed by atoms with Gasteiger partial charge in [0.15, 0.2) is 0 Å². The Bertz CT molecular complexity index is 1120. The van der Waals surface area contributed by atoms with E-state index in [0.29, 0.717) is 17.0 Å². The van der Waals surface area contributed by atoms with Gasteiger partial charge in [-0.2, -0.15) is 0 Å². The van der Waals surface area contributed by atoms with Gasteiger partial charge in [0.1, 0.15) is 5.75 Å². The Labute approximate surface area is 156 Å². The first-order valence-corrected chi connectivity index (χ1v) is 8.56. The van der Waals surface area contributed by atoms with Crippen molar-refractivity contribution >= 4 is 0 Å². The topological polar surface area (TPSA) is 52.3 Å². The van der Waals surface area contributed by atoms with Gasteiger partial charge in [-0.3, -0.25) is 0 Å². The molecule has 0 radical (unpaired) electrons. The number of aromatic nitrogens is 1. The zero-order chi connectivity index (χ0) is 18.6. The number of hydrogen-bond acceptors (Lipinski definition) is 4. The summed E-state index contributed by atoms with van der Waals surface area (Å²) in [4.78, 5) is 16.6. The van der Waals surface area contributed by atoms with Crippen molar-refractivity contribution in [3.63, 3.8) is 0 Å². The highest BCUT2D eigenvalue weighted by Gasteiger charge is 2.12. The molecule has 27 heavy (non-hydrogen) atoms. The normalized spacial score (nSPS) is 10.6. The molecule has 1 aromatic heterocycles. The Morgan fingerprint density at radius 3 is 2.15 bits per heavy atom. The van der Waals surface area contributed by atoms with E-state index >= 15 is 0 Å². The molecule has 0 unspecified atom stereocenters. The zero-order valence-corrected chi connectivity index (χ0v) is 14.8. The third-order valence-corrected chi connectivity index (χ3v) is 4.30. The van der Waals surface area contributed by atoms with Gasteiger partial charge in [0.2, 0.25) is 5.89 Å². The third-order valence-electron chi connectivity index (χ3n) is 4.30. The predicted octanol–water partition coefficient (Wildman–Crippen LogP) is 5.04. The van der Waals surface area contributed by atoms with Gasteiger partial charge in [-0.25, -0.2) is 9.78 Å². The first-order valence-electron chi connectivity index (χ1n) is 8.56. The minimum Gasteiger partial charge on any atom is -0.496 e. The van der Waals surface area contributed by atoms with Gasteiger partial charge in [-0.1, -0.05) is 66.7 Å². The van der Waals surface area contributed by atoms with E-state index in [4.69, 9.17) is 9.15 Å². The minimum absolute atomic E-state index is 0.238. The molecule has 0 aliphatic heterocycles. The number of para-hydroxylation sites is 1. The SMILES string of the molecule is COc1ccccc1-c1nc(-c2ccc(-c3ccccc3)cc2)cc(=O)o1. The van der Waals surface area contributed by atoms with E-state index in [9.17, 15) is 4.79 Å². The highest BCUT2D eigenvalue weighted by atomic mass is 16.5. The molecule has 4 rings (SSSR count). The van der Waals surface area contributed by atoms with Crippen LogP contribution in [-0.4, -0.2) is 12.1 Å². The Balaban J connectivity index is 1.75. The lowest BCUT2D eigenvalue weighted by atomic mass is 10.0. The first-order chi connectivity index (χ1) is 13.2. The molecular formula is C23H17NO3. The smallest absolute Gasteiger partial charge is 0.339 e. The van der Waals surface area contributed by atoms with Crippen molar-refractivity contribution in [1.82, 2.24) is 4.98 Å². The molecule has 3 aromatic carbocycles. The molecule has 132 valence electrons. The number of nitrogens with zero attached hydrogens (tertiary/aromatic N) is 1. The van der Waals surface area contributed by atoms with E-state index in [2.05, 4.69) is 17.1 Å². The Kier molecular flexibility index (Phi) is 4.54. The van der Waals surface area contributed by atoms with Gasteiger partial charge in [0.05, 0.1) is 24.4 Å². The number of benzene rings is 3. The third kappa shape index (κ3) is 3.51. The molecule has 0 atom stereocenters. The lowest BCUT2D eigenvalue weighted by molar-refractivity contribution is 0.412. The fourth-order valence-electron chi connectivity index (χ4n) is 2.95. The highest BCUT2D eigenvalue weighted by molar-refractivity contribution is 5.70. The van der Waals surface area contributed by atoms with Crippen LogP contribution in [0.2, 0.25) is 0 Å². The molecule has 0 N–H and O–H groups in total. The van der Waals surface area contributed by atoms with Crippen molar-refractivity contribution in [2.24, 2.45) is 0 Å². The summed E-state index contributed by atoms with van der Waals surface area (Å²) in [5, 5.41) is 0. The van der Waals surface area contributed by atoms with Crippen LogP contribution in [0.1, 0.15) is 0 Å². The van der Waals surface area contributed by atoms with Crippen LogP contribution in [-0.2, 0) is 0 Å². The van der Waals surface area contributed by atoms with E-state index in [1.807, 2.05) is 60.7 Å². The summed E-state index contributed by atoms with van der Waals surface area (Å²) >= 11 is 0. The monoisotopic (exact) mass is 355 g/mol. The lowest BCUT2D eigenvalue weighted by Gasteiger charge is -2.08. The van der Waals surface area contributed by atoms with E-state index < -0.39 is 5.63 Å². The molecule has 0 spiro atoms. The predicted molar refractivity (Wildman–Crippen MR) is 106 cm³/mol. The van der Waals surface area contributed by atoms with Crippen LogP contribution in [0, 0.1) is 0 Å². The number of ether oxygens (including phenoxy) is 1. The maximum atomic E-state index is 12.1. The van der Waals surface area contributed by atoms with Gasteiger partial charge in [-0.15, -0.1) is 0 Å². The van der Waals surface area contributed by atoms with E-state index in [0.717, 1.165) is 16.7 Å². The van der Waals surface area contributed by atoms with Crippen LogP contribution < -0.4 is 10.4 Å². The van der Waals surface area contributed by atoms with E-state index in [1.165, 1.54) is 6.07 Å². The Morgan fingerprint density at radius 1 is 0.778 bits per heavy atom. The summed E-state index contributed by atoms with van der Waals surface area (Å²) < 4.78 is 10.7. The second kappa shape index (κ2) is 7.30. The van der Waals surface area contributed by atoms with Gasteiger partial charge < -0.3 is 9.15 Å². The van der Waals surface area contributed by atoms with Crippen molar-refractivity contribution in [3.8, 4) is 39.6 Å². The van der Waals surface area contributed by atoms with Gasteiger partial charge in [0.25, 0.3) is 0 Å². The van der Waals surface area contributed by atoms with Crippen LogP contribution in [0.3, 0.4) is 0 Å². The summed E-state index contributed by atoms with van der Waals surface area (Å²) in [6.07, 6.45) is 0. The molecule has 4 aromatic rings. The fourth-order valence-corrected chi connectivity index (χ4v) is 2.95. The maximum Gasteiger partial charge on any atom is 0.339 e. The molecule has 0 amide bonds. The molecule has 0 bridgehead atoms. The Hall–Kier alpha value is -3.66. The average molecular weight is 355 g/mol. The molecule has 0 aliphatic rings. The van der Waals surface area contributed by atoms with Gasteiger partial charge in [-0.05, 0) is 23.3 Å². The van der Waals surface area contributed by atoms with Crippen LogP contribution in [0.4, 0.5) is 0 Å². The highest BCUT2D eigenvalue weighted by Crippen LogP contribution is 2.29. The number of methoxy groups -OCH3 is 1. The first kappa shape index (κ1) is 16.8. The standard InChI is InChI=1S/C23H17NO3/c1-26-21-10-6-5-9-19(21)23-24-20(15-22(25)27-23)18-13-11-17(12-14-18)16-7-3-2-4-8-16/h2-15H,1H3. The molecule has 0 saturated heterocycles. The average Bonchev–Trinajstić information content (AvgIpc) is 2.74. The maximum absolute atomic E-state index is 12.1. The van der Waals surface area contributed by atoms with Gasteiger partial charge >= 0.3 is 5.63 Å². The van der Waals surface area contributed by atoms with Crippen LogP contribution in [0.15, 0.2) is 94.1 Å². The molecular weight excluding hydrogens is 338 g/mol. The molecule has 0 fully saturated rings. The van der Waals surface area contributed by atoms with Crippen molar-refractivity contribution in [2.75, 3.05) is 7.11 Å². The molecule has 0 saturated carbocycles. The quantitative estimate of drug-likeness (QED) is 0.514. The summed E-state index contributed by atoms with van der Waals surface area (Å²) in [5.74, 6) is 0.840. The summed E-state index contributed by atoms with van der Waals surface area (Å²) in [5.41, 5.74) is 3.84. The minimum atomic E-state index is -0.451. The van der Waals surface area contributed by atoms with Crippen molar-refractivity contribution in [2.45, 2.75) is 0 Å². The molecule has 4 nitrogen and oxygen atoms in total. The Morgan fingerprint density at radius 2 is 1.41 bits per heavy atom. The summed E-state index contributed by atoms with van der Waals surface area (Å²) in [6.45, 7) is 0. The number of rotatable bonds is 4. The van der Waals surface area contributed by atoms with Crippen molar-refractivity contribution < 1.29 is 9.15 Å².